The molecule has 1 aliphatic heterocycles. The highest BCUT2D eigenvalue weighted by molar-refractivity contribution is 7.91. The Labute approximate surface area is 153 Å². The lowest BCUT2D eigenvalue weighted by Gasteiger charge is -2.35. The number of aromatic nitrogens is 1. The molecule has 0 aliphatic carbocycles. The van der Waals surface area contributed by atoms with Crippen LogP contribution in [0.4, 0.5) is 0 Å². The summed E-state index contributed by atoms with van der Waals surface area (Å²) in [6.45, 7) is 5.70. The van der Waals surface area contributed by atoms with Gasteiger partial charge in [0.2, 0.25) is 0 Å². The Kier molecular flexibility index (Phi) is 6.39. The number of benzene rings is 1. The fourth-order valence-corrected chi connectivity index (χ4v) is 5.66. The second kappa shape index (κ2) is 7.93. The molecule has 24 heavy (non-hydrogen) atoms. The SMILES string of the molecule is CCc1ccc(C2CNCCN2S(=O)(=O)c2cnc(C)s2)cc1.Cl. The minimum absolute atomic E-state index is 0. The van der Waals surface area contributed by atoms with Crippen LogP contribution in [0.25, 0.3) is 0 Å². The van der Waals surface area contributed by atoms with E-state index in [0.717, 1.165) is 17.0 Å². The molecule has 1 N–H and O–H groups in total. The third-order valence-corrected chi connectivity index (χ3v) is 7.39. The van der Waals surface area contributed by atoms with Crippen LogP contribution < -0.4 is 5.32 Å². The molecule has 3 rings (SSSR count). The van der Waals surface area contributed by atoms with E-state index in [4.69, 9.17) is 0 Å². The minimum Gasteiger partial charge on any atom is -0.313 e. The maximum Gasteiger partial charge on any atom is 0.254 e. The van der Waals surface area contributed by atoms with E-state index in [2.05, 4.69) is 29.4 Å². The predicted octanol–water partition coefficient (Wildman–Crippen LogP) is 2.77. The Morgan fingerprint density at radius 3 is 2.62 bits per heavy atom. The van der Waals surface area contributed by atoms with Crippen molar-refractivity contribution in [3.05, 3.63) is 46.6 Å². The van der Waals surface area contributed by atoms with E-state index < -0.39 is 10.0 Å². The van der Waals surface area contributed by atoms with Crippen molar-refractivity contribution in [1.82, 2.24) is 14.6 Å². The van der Waals surface area contributed by atoms with Gasteiger partial charge in [-0.15, -0.1) is 23.7 Å². The first-order valence-corrected chi connectivity index (χ1v) is 10.0. The van der Waals surface area contributed by atoms with Crippen LogP contribution in [-0.4, -0.2) is 37.3 Å². The summed E-state index contributed by atoms with van der Waals surface area (Å²) in [5.74, 6) is 0. The van der Waals surface area contributed by atoms with E-state index in [1.54, 1.807) is 4.31 Å². The van der Waals surface area contributed by atoms with Crippen LogP contribution in [0.5, 0.6) is 0 Å². The largest absolute Gasteiger partial charge is 0.313 e. The third-order valence-electron chi connectivity index (χ3n) is 4.13. The van der Waals surface area contributed by atoms with Crippen LogP contribution in [0, 0.1) is 6.92 Å². The summed E-state index contributed by atoms with van der Waals surface area (Å²) in [6, 6.07) is 8.05. The van der Waals surface area contributed by atoms with Gasteiger partial charge in [-0.2, -0.15) is 4.31 Å². The fraction of sp³-hybridized carbons (Fsp3) is 0.438. The number of piperazine rings is 1. The highest BCUT2D eigenvalue weighted by Gasteiger charge is 2.35. The molecule has 1 aromatic carbocycles. The average Bonchev–Trinajstić information content (AvgIpc) is 3.02. The molecule has 1 atom stereocenters. The summed E-state index contributed by atoms with van der Waals surface area (Å²) in [5.41, 5.74) is 2.28. The Hall–Kier alpha value is -0.990. The van der Waals surface area contributed by atoms with Gasteiger partial charge in [-0.25, -0.2) is 13.4 Å². The van der Waals surface area contributed by atoms with Crippen LogP contribution in [0.1, 0.15) is 29.1 Å². The first-order valence-electron chi connectivity index (χ1n) is 7.76. The zero-order valence-electron chi connectivity index (χ0n) is 13.7. The minimum atomic E-state index is -3.50. The molecule has 2 heterocycles. The standard InChI is InChI=1S/C16H21N3O2S2.ClH/c1-3-13-4-6-14(7-5-13)15-10-17-8-9-19(15)23(20,21)16-11-18-12(2)22-16;/h4-7,11,15,17H,3,8-10H2,1-2H3;1H. The van der Waals surface area contributed by atoms with E-state index in [0.29, 0.717) is 23.8 Å². The number of rotatable bonds is 4. The van der Waals surface area contributed by atoms with Crippen LogP contribution in [0.15, 0.2) is 34.7 Å². The Balaban J connectivity index is 0.00000208. The predicted molar refractivity (Wildman–Crippen MR) is 99.4 cm³/mol. The summed E-state index contributed by atoms with van der Waals surface area (Å²) in [4.78, 5) is 4.10. The van der Waals surface area contributed by atoms with E-state index in [-0.39, 0.29) is 18.4 Å². The van der Waals surface area contributed by atoms with Gasteiger partial charge in [0.05, 0.1) is 17.2 Å². The lowest BCUT2D eigenvalue weighted by molar-refractivity contribution is 0.272. The molecule has 0 radical (unpaired) electrons. The lowest BCUT2D eigenvalue weighted by Crippen LogP contribution is -2.48. The summed E-state index contributed by atoms with van der Waals surface area (Å²) in [6.07, 6.45) is 2.44. The van der Waals surface area contributed by atoms with Gasteiger partial charge in [0.15, 0.2) is 4.21 Å². The second-order valence-electron chi connectivity index (χ2n) is 5.63. The maximum atomic E-state index is 13.0. The second-order valence-corrected chi connectivity index (χ2v) is 8.98. The van der Waals surface area contributed by atoms with Crippen molar-refractivity contribution < 1.29 is 8.42 Å². The molecular formula is C16H22ClN3O2S2. The summed E-state index contributed by atoms with van der Waals surface area (Å²) in [7, 11) is -3.50. The molecule has 5 nitrogen and oxygen atoms in total. The van der Waals surface area contributed by atoms with E-state index >= 15 is 0 Å². The van der Waals surface area contributed by atoms with Crippen molar-refractivity contribution in [3.63, 3.8) is 0 Å². The normalized spacial score (nSPS) is 19.0. The first-order chi connectivity index (χ1) is 11.0. The van der Waals surface area contributed by atoms with Crippen molar-refractivity contribution >= 4 is 33.8 Å². The van der Waals surface area contributed by atoms with Gasteiger partial charge in [-0.05, 0) is 24.5 Å². The Morgan fingerprint density at radius 2 is 2.04 bits per heavy atom. The molecule has 0 spiro atoms. The van der Waals surface area contributed by atoms with Crippen LogP contribution >= 0.6 is 23.7 Å². The Morgan fingerprint density at radius 1 is 1.33 bits per heavy atom. The smallest absolute Gasteiger partial charge is 0.254 e. The highest BCUT2D eigenvalue weighted by Crippen LogP contribution is 2.31. The van der Waals surface area contributed by atoms with Gasteiger partial charge in [0.1, 0.15) is 0 Å². The van der Waals surface area contributed by atoms with Crippen molar-refractivity contribution in [3.8, 4) is 0 Å². The fourth-order valence-electron chi connectivity index (χ4n) is 2.81. The molecule has 1 aliphatic rings. The number of thiazole rings is 1. The number of nitrogens with zero attached hydrogens (tertiary/aromatic N) is 2. The number of aryl methyl sites for hydroxylation is 2. The van der Waals surface area contributed by atoms with E-state index in [1.165, 1.54) is 23.1 Å². The van der Waals surface area contributed by atoms with Crippen molar-refractivity contribution in [2.75, 3.05) is 19.6 Å². The summed E-state index contributed by atoms with van der Waals surface area (Å²) < 4.78 is 27.9. The lowest BCUT2D eigenvalue weighted by atomic mass is 10.0. The topological polar surface area (TPSA) is 62.3 Å². The molecule has 0 saturated carbocycles. The van der Waals surface area contributed by atoms with E-state index in [9.17, 15) is 8.42 Å². The van der Waals surface area contributed by atoms with Crippen molar-refractivity contribution in [1.29, 1.82) is 0 Å². The van der Waals surface area contributed by atoms with Crippen LogP contribution in [-0.2, 0) is 16.4 Å². The molecule has 1 saturated heterocycles. The van der Waals surface area contributed by atoms with Crippen molar-refractivity contribution in [2.45, 2.75) is 30.5 Å². The maximum absolute atomic E-state index is 13.0. The van der Waals surface area contributed by atoms with Gasteiger partial charge in [0, 0.05) is 19.6 Å². The third kappa shape index (κ3) is 3.81. The zero-order chi connectivity index (χ0) is 16.4. The van der Waals surface area contributed by atoms with Gasteiger partial charge in [-0.1, -0.05) is 31.2 Å². The molecule has 1 aromatic heterocycles. The molecule has 1 unspecified atom stereocenters. The van der Waals surface area contributed by atoms with Gasteiger partial charge >= 0.3 is 0 Å². The van der Waals surface area contributed by atoms with E-state index in [1.807, 2.05) is 19.1 Å². The quantitative estimate of drug-likeness (QED) is 0.876. The molecule has 8 heteroatoms. The van der Waals surface area contributed by atoms with Crippen LogP contribution in [0.3, 0.4) is 0 Å². The number of sulfonamides is 1. The molecular weight excluding hydrogens is 366 g/mol. The first kappa shape index (κ1) is 19.3. The summed E-state index contributed by atoms with van der Waals surface area (Å²) in [5, 5.41) is 4.07. The highest BCUT2D eigenvalue weighted by atomic mass is 35.5. The molecule has 1 fully saturated rings. The van der Waals surface area contributed by atoms with Gasteiger partial charge in [-0.3, -0.25) is 0 Å². The summed E-state index contributed by atoms with van der Waals surface area (Å²) >= 11 is 1.23. The monoisotopic (exact) mass is 387 g/mol. The number of halogens is 1. The van der Waals surface area contributed by atoms with Gasteiger partial charge < -0.3 is 5.32 Å². The molecule has 0 bridgehead atoms. The molecule has 0 amide bonds. The Bertz CT molecular complexity index is 775. The average molecular weight is 388 g/mol. The number of hydrogen-bond donors (Lipinski definition) is 1. The number of nitrogens with one attached hydrogen (secondary N) is 1. The molecule has 132 valence electrons. The zero-order valence-corrected chi connectivity index (χ0v) is 16.2. The van der Waals surface area contributed by atoms with Gasteiger partial charge in [0.25, 0.3) is 10.0 Å². The number of hydrogen-bond acceptors (Lipinski definition) is 5. The van der Waals surface area contributed by atoms with Crippen LogP contribution in [0.2, 0.25) is 0 Å². The van der Waals surface area contributed by atoms with Crippen molar-refractivity contribution in [2.24, 2.45) is 0 Å². The molecule has 2 aromatic rings.